The van der Waals surface area contributed by atoms with Crippen molar-refractivity contribution in [3.63, 3.8) is 0 Å². The number of rotatable bonds is 10. The summed E-state index contributed by atoms with van der Waals surface area (Å²) in [6.45, 7) is 7.03. The Kier molecular flexibility index (Phi) is 8.86. The van der Waals surface area contributed by atoms with E-state index in [1.165, 1.54) is 6.92 Å². The molecular formula is C18H28N2O4. The van der Waals surface area contributed by atoms with Gasteiger partial charge in [0.15, 0.2) is 0 Å². The van der Waals surface area contributed by atoms with E-state index in [0.29, 0.717) is 25.4 Å². The van der Waals surface area contributed by atoms with Crippen LogP contribution in [0, 0.1) is 0 Å². The molecule has 0 saturated carbocycles. The van der Waals surface area contributed by atoms with Crippen LogP contribution in [0.4, 0.5) is 5.69 Å². The largest absolute Gasteiger partial charge is 0.491 e. The predicted molar refractivity (Wildman–Crippen MR) is 94.2 cm³/mol. The first-order chi connectivity index (χ1) is 11.4. The number of anilines is 1. The highest BCUT2D eigenvalue weighted by Gasteiger charge is 2.11. The molecule has 0 spiro atoms. The highest BCUT2D eigenvalue weighted by atomic mass is 16.5. The van der Waals surface area contributed by atoms with Gasteiger partial charge in [0.2, 0.25) is 11.8 Å². The van der Waals surface area contributed by atoms with Gasteiger partial charge in [-0.15, -0.1) is 0 Å². The lowest BCUT2D eigenvalue weighted by Gasteiger charge is -2.20. The van der Waals surface area contributed by atoms with Crippen LogP contribution in [0.5, 0.6) is 5.75 Å². The lowest BCUT2D eigenvalue weighted by Crippen LogP contribution is -2.33. The van der Waals surface area contributed by atoms with Gasteiger partial charge in [-0.2, -0.15) is 0 Å². The fourth-order valence-corrected chi connectivity index (χ4v) is 2.18. The molecule has 6 heteroatoms. The van der Waals surface area contributed by atoms with Crippen molar-refractivity contribution >= 4 is 17.5 Å². The summed E-state index contributed by atoms with van der Waals surface area (Å²) in [5.74, 6) is 0.614. The third kappa shape index (κ3) is 7.97. The zero-order chi connectivity index (χ0) is 17.9. The molecule has 0 aromatic heterocycles. The third-order valence-electron chi connectivity index (χ3n) is 3.34. The number of methoxy groups -OCH3 is 1. The minimum absolute atomic E-state index is 0.0332. The predicted octanol–water partition coefficient (Wildman–Crippen LogP) is 2.69. The second-order valence-corrected chi connectivity index (χ2v) is 5.84. The van der Waals surface area contributed by atoms with E-state index in [-0.39, 0.29) is 24.3 Å². The molecule has 0 aliphatic carbocycles. The molecule has 2 amide bonds. The zero-order valence-electron chi connectivity index (χ0n) is 15.0. The van der Waals surface area contributed by atoms with Crippen LogP contribution in [-0.4, -0.2) is 49.6 Å². The van der Waals surface area contributed by atoms with Crippen molar-refractivity contribution in [3.05, 3.63) is 24.3 Å². The Morgan fingerprint density at radius 3 is 2.38 bits per heavy atom. The van der Waals surface area contributed by atoms with Gasteiger partial charge in [0.25, 0.3) is 0 Å². The topological polar surface area (TPSA) is 67.9 Å². The molecule has 0 aliphatic heterocycles. The van der Waals surface area contributed by atoms with Crippen molar-refractivity contribution in [2.75, 3.05) is 32.1 Å². The van der Waals surface area contributed by atoms with Crippen LogP contribution in [0.2, 0.25) is 0 Å². The fourth-order valence-electron chi connectivity index (χ4n) is 2.18. The van der Waals surface area contributed by atoms with Crippen LogP contribution in [0.1, 0.15) is 33.6 Å². The van der Waals surface area contributed by atoms with Gasteiger partial charge >= 0.3 is 0 Å². The standard InChI is InChI=1S/C18H28N2O4/c1-14(2)24-17-8-6-16(7-9-17)19-18(22)10-12-20(15(3)21)11-5-13-23-4/h6-9,14H,5,10-13H2,1-4H3,(H,19,22). The molecule has 134 valence electrons. The Morgan fingerprint density at radius 1 is 1.17 bits per heavy atom. The average Bonchev–Trinajstić information content (AvgIpc) is 2.51. The number of hydrogen-bond acceptors (Lipinski definition) is 4. The van der Waals surface area contributed by atoms with Gasteiger partial charge in [0.1, 0.15) is 5.75 Å². The van der Waals surface area contributed by atoms with Gasteiger partial charge in [-0.25, -0.2) is 0 Å². The van der Waals surface area contributed by atoms with E-state index < -0.39 is 0 Å². The van der Waals surface area contributed by atoms with Gasteiger partial charge in [-0.3, -0.25) is 9.59 Å². The first kappa shape index (κ1) is 20.0. The van der Waals surface area contributed by atoms with E-state index in [9.17, 15) is 9.59 Å². The summed E-state index contributed by atoms with van der Waals surface area (Å²) in [5.41, 5.74) is 0.713. The van der Waals surface area contributed by atoms with Crippen molar-refractivity contribution in [1.82, 2.24) is 4.90 Å². The Morgan fingerprint density at radius 2 is 1.83 bits per heavy atom. The molecule has 1 aromatic rings. The van der Waals surface area contributed by atoms with E-state index in [4.69, 9.17) is 9.47 Å². The minimum Gasteiger partial charge on any atom is -0.491 e. The number of ether oxygens (including phenoxy) is 2. The van der Waals surface area contributed by atoms with Crippen molar-refractivity contribution < 1.29 is 19.1 Å². The van der Waals surface area contributed by atoms with Gasteiger partial charge in [-0.05, 0) is 44.5 Å². The van der Waals surface area contributed by atoms with E-state index in [1.807, 2.05) is 26.0 Å². The van der Waals surface area contributed by atoms with E-state index in [0.717, 1.165) is 12.2 Å². The molecular weight excluding hydrogens is 308 g/mol. The van der Waals surface area contributed by atoms with E-state index in [2.05, 4.69) is 5.32 Å². The summed E-state index contributed by atoms with van der Waals surface area (Å²) in [4.78, 5) is 25.3. The maximum Gasteiger partial charge on any atom is 0.226 e. The molecule has 1 aromatic carbocycles. The van der Waals surface area contributed by atoms with Crippen LogP contribution >= 0.6 is 0 Å². The average molecular weight is 336 g/mol. The number of carbonyl (C=O) groups excluding carboxylic acids is 2. The van der Waals surface area contributed by atoms with Crippen molar-refractivity contribution in [3.8, 4) is 5.75 Å². The smallest absolute Gasteiger partial charge is 0.226 e. The molecule has 6 nitrogen and oxygen atoms in total. The normalized spacial score (nSPS) is 10.5. The number of hydrogen-bond donors (Lipinski definition) is 1. The molecule has 0 bridgehead atoms. The van der Waals surface area contributed by atoms with E-state index >= 15 is 0 Å². The zero-order valence-corrected chi connectivity index (χ0v) is 15.0. The summed E-state index contributed by atoms with van der Waals surface area (Å²) in [6, 6.07) is 7.25. The number of amides is 2. The van der Waals surface area contributed by atoms with Crippen LogP contribution in [-0.2, 0) is 14.3 Å². The summed E-state index contributed by atoms with van der Waals surface area (Å²) in [7, 11) is 1.63. The quantitative estimate of drug-likeness (QED) is 0.667. The number of benzene rings is 1. The van der Waals surface area contributed by atoms with Crippen LogP contribution < -0.4 is 10.1 Å². The van der Waals surface area contributed by atoms with Crippen LogP contribution in [0.3, 0.4) is 0 Å². The van der Waals surface area contributed by atoms with Gasteiger partial charge < -0.3 is 19.7 Å². The lowest BCUT2D eigenvalue weighted by atomic mass is 10.2. The first-order valence-corrected chi connectivity index (χ1v) is 8.23. The molecule has 0 unspecified atom stereocenters. The second kappa shape index (κ2) is 10.6. The molecule has 0 radical (unpaired) electrons. The highest BCUT2D eigenvalue weighted by Crippen LogP contribution is 2.17. The van der Waals surface area contributed by atoms with Crippen LogP contribution in [0.25, 0.3) is 0 Å². The third-order valence-corrected chi connectivity index (χ3v) is 3.34. The van der Waals surface area contributed by atoms with Crippen molar-refractivity contribution in [2.24, 2.45) is 0 Å². The lowest BCUT2D eigenvalue weighted by molar-refractivity contribution is -0.129. The maximum atomic E-state index is 12.0. The molecule has 0 fully saturated rings. The molecule has 1 rings (SSSR count). The van der Waals surface area contributed by atoms with E-state index in [1.54, 1.807) is 24.1 Å². The molecule has 0 atom stereocenters. The molecule has 24 heavy (non-hydrogen) atoms. The van der Waals surface area contributed by atoms with Gasteiger partial charge in [0, 0.05) is 45.8 Å². The molecule has 0 saturated heterocycles. The summed E-state index contributed by atoms with van der Waals surface area (Å²) in [5, 5.41) is 2.83. The summed E-state index contributed by atoms with van der Waals surface area (Å²) < 4.78 is 10.5. The highest BCUT2D eigenvalue weighted by molar-refractivity contribution is 5.91. The summed E-state index contributed by atoms with van der Waals surface area (Å²) in [6.07, 6.45) is 1.13. The Hall–Kier alpha value is -2.08. The number of nitrogens with zero attached hydrogens (tertiary/aromatic N) is 1. The Labute approximate surface area is 144 Å². The van der Waals surface area contributed by atoms with Crippen LogP contribution in [0.15, 0.2) is 24.3 Å². The molecule has 0 heterocycles. The van der Waals surface area contributed by atoms with Gasteiger partial charge in [0.05, 0.1) is 6.10 Å². The minimum atomic E-state index is -0.120. The SMILES string of the molecule is COCCCN(CCC(=O)Nc1ccc(OC(C)C)cc1)C(C)=O. The second-order valence-electron chi connectivity index (χ2n) is 5.84. The fraction of sp³-hybridized carbons (Fsp3) is 0.556. The number of carbonyl (C=O) groups is 2. The number of nitrogens with one attached hydrogen (secondary N) is 1. The summed E-state index contributed by atoms with van der Waals surface area (Å²) >= 11 is 0. The van der Waals surface area contributed by atoms with Crippen molar-refractivity contribution in [2.45, 2.75) is 39.7 Å². The molecule has 0 aliphatic rings. The Balaban J connectivity index is 2.42. The first-order valence-electron chi connectivity index (χ1n) is 8.23. The van der Waals surface area contributed by atoms with Crippen molar-refractivity contribution in [1.29, 1.82) is 0 Å². The maximum absolute atomic E-state index is 12.0. The molecule has 1 N–H and O–H groups in total. The monoisotopic (exact) mass is 336 g/mol. The Bertz CT molecular complexity index is 514. The van der Waals surface area contributed by atoms with Gasteiger partial charge in [-0.1, -0.05) is 0 Å².